The first kappa shape index (κ1) is 14.2. The van der Waals surface area contributed by atoms with Gasteiger partial charge in [0.15, 0.2) is 0 Å². The highest BCUT2D eigenvalue weighted by Gasteiger charge is 2.25. The first-order valence-electron chi connectivity index (χ1n) is 6.42. The minimum atomic E-state index is -0.438. The van der Waals surface area contributed by atoms with Gasteiger partial charge in [-0.2, -0.15) is 5.26 Å². The van der Waals surface area contributed by atoms with Crippen molar-refractivity contribution in [3.8, 4) is 6.07 Å². The van der Waals surface area contributed by atoms with Crippen LogP contribution in [0.1, 0.15) is 29.4 Å². The summed E-state index contributed by atoms with van der Waals surface area (Å²) in [6.07, 6.45) is 3.07. The molecule has 2 atom stereocenters. The number of nitrogens with zero attached hydrogens (tertiary/aromatic N) is 2. The summed E-state index contributed by atoms with van der Waals surface area (Å²) >= 11 is 0. The van der Waals surface area contributed by atoms with Gasteiger partial charge in [-0.25, -0.2) is 4.39 Å². The largest absolute Gasteiger partial charge is 0.396 e. The molecule has 0 saturated carbocycles. The van der Waals surface area contributed by atoms with Crippen LogP contribution in [0, 0.1) is 17.1 Å². The van der Waals surface area contributed by atoms with Crippen molar-refractivity contribution in [1.29, 1.82) is 5.26 Å². The van der Waals surface area contributed by atoms with Crippen molar-refractivity contribution in [3.05, 3.63) is 65.7 Å². The predicted octanol–water partition coefficient (Wildman–Crippen LogP) is 2.99. The summed E-state index contributed by atoms with van der Waals surface area (Å²) in [5.41, 5.74) is 1.49. The first-order chi connectivity index (χ1) is 9.76. The SMILES string of the molecule is N#C[C@H](c1ccccc1)[C@H](CCO)c1cncc(F)c1. The minimum Gasteiger partial charge on any atom is -0.396 e. The molecule has 3 nitrogen and oxygen atoms in total. The second-order valence-corrected chi connectivity index (χ2v) is 4.57. The quantitative estimate of drug-likeness (QED) is 0.908. The molecule has 0 fully saturated rings. The summed E-state index contributed by atoms with van der Waals surface area (Å²) in [5, 5.41) is 18.7. The number of nitriles is 1. The van der Waals surface area contributed by atoms with E-state index in [2.05, 4.69) is 11.1 Å². The van der Waals surface area contributed by atoms with Gasteiger partial charge in [-0.3, -0.25) is 4.98 Å². The monoisotopic (exact) mass is 270 g/mol. The van der Waals surface area contributed by atoms with Crippen LogP contribution >= 0.6 is 0 Å². The summed E-state index contributed by atoms with van der Waals surface area (Å²) < 4.78 is 13.3. The Kier molecular flexibility index (Phi) is 4.80. The number of hydrogen-bond acceptors (Lipinski definition) is 3. The Balaban J connectivity index is 2.39. The lowest BCUT2D eigenvalue weighted by molar-refractivity contribution is 0.272. The highest BCUT2D eigenvalue weighted by Crippen LogP contribution is 2.34. The molecule has 0 spiro atoms. The molecule has 20 heavy (non-hydrogen) atoms. The smallest absolute Gasteiger partial charge is 0.141 e. The molecule has 0 aliphatic heterocycles. The van der Waals surface area contributed by atoms with E-state index >= 15 is 0 Å². The summed E-state index contributed by atoms with van der Waals surface area (Å²) in [5.74, 6) is -1.15. The molecule has 2 aromatic rings. The van der Waals surface area contributed by atoms with Crippen LogP contribution in [-0.4, -0.2) is 16.7 Å². The zero-order valence-electron chi connectivity index (χ0n) is 10.9. The molecule has 1 heterocycles. The van der Waals surface area contributed by atoms with E-state index in [4.69, 9.17) is 0 Å². The van der Waals surface area contributed by atoms with Crippen LogP contribution in [0.15, 0.2) is 48.8 Å². The Morgan fingerprint density at radius 1 is 1.20 bits per heavy atom. The van der Waals surface area contributed by atoms with Gasteiger partial charge in [-0.15, -0.1) is 0 Å². The average Bonchev–Trinajstić information content (AvgIpc) is 2.48. The Hall–Kier alpha value is -2.25. The number of hydrogen-bond donors (Lipinski definition) is 1. The van der Waals surface area contributed by atoms with Crippen molar-refractivity contribution < 1.29 is 9.50 Å². The number of halogens is 1. The average molecular weight is 270 g/mol. The second kappa shape index (κ2) is 6.78. The molecule has 102 valence electrons. The van der Waals surface area contributed by atoms with Crippen molar-refractivity contribution in [2.24, 2.45) is 0 Å². The van der Waals surface area contributed by atoms with Gasteiger partial charge < -0.3 is 5.11 Å². The summed E-state index contributed by atoms with van der Waals surface area (Å²) in [4.78, 5) is 3.83. The van der Waals surface area contributed by atoms with Crippen molar-refractivity contribution in [2.75, 3.05) is 6.61 Å². The van der Waals surface area contributed by atoms with Crippen molar-refractivity contribution in [2.45, 2.75) is 18.3 Å². The molecule has 0 radical (unpaired) electrons. The molecule has 0 saturated heterocycles. The van der Waals surface area contributed by atoms with Crippen molar-refractivity contribution in [1.82, 2.24) is 4.98 Å². The number of benzene rings is 1. The zero-order chi connectivity index (χ0) is 14.4. The number of pyridine rings is 1. The lowest BCUT2D eigenvalue weighted by atomic mass is 9.81. The highest BCUT2D eigenvalue weighted by molar-refractivity contribution is 5.32. The van der Waals surface area contributed by atoms with E-state index < -0.39 is 11.7 Å². The van der Waals surface area contributed by atoms with Gasteiger partial charge in [-0.1, -0.05) is 30.3 Å². The van der Waals surface area contributed by atoms with E-state index in [1.54, 1.807) is 6.20 Å². The molecule has 4 heteroatoms. The Morgan fingerprint density at radius 3 is 2.55 bits per heavy atom. The van der Waals surface area contributed by atoms with E-state index in [0.29, 0.717) is 12.0 Å². The third kappa shape index (κ3) is 3.19. The number of rotatable bonds is 5. The number of aromatic nitrogens is 1. The molecule has 0 aliphatic carbocycles. The summed E-state index contributed by atoms with van der Waals surface area (Å²) in [6.45, 7) is -0.0633. The Morgan fingerprint density at radius 2 is 1.95 bits per heavy atom. The normalized spacial score (nSPS) is 13.4. The van der Waals surface area contributed by atoms with Crippen LogP contribution < -0.4 is 0 Å². The Labute approximate surface area is 117 Å². The van der Waals surface area contributed by atoms with Crippen LogP contribution in [0.5, 0.6) is 0 Å². The maximum atomic E-state index is 13.3. The van der Waals surface area contributed by atoms with Gasteiger partial charge in [0.25, 0.3) is 0 Å². The predicted molar refractivity (Wildman–Crippen MR) is 73.4 cm³/mol. The maximum absolute atomic E-state index is 13.3. The number of aliphatic hydroxyl groups excluding tert-OH is 1. The maximum Gasteiger partial charge on any atom is 0.141 e. The van der Waals surface area contributed by atoms with Gasteiger partial charge in [0.1, 0.15) is 5.82 Å². The third-order valence-electron chi connectivity index (χ3n) is 3.29. The van der Waals surface area contributed by atoms with Gasteiger partial charge >= 0.3 is 0 Å². The van der Waals surface area contributed by atoms with Gasteiger partial charge in [-0.05, 0) is 23.6 Å². The lowest BCUT2D eigenvalue weighted by Gasteiger charge is -2.21. The molecular weight excluding hydrogens is 255 g/mol. The van der Waals surface area contributed by atoms with Crippen LogP contribution in [0.25, 0.3) is 0 Å². The molecule has 0 amide bonds. The van der Waals surface area contributed by atoms with Gasteiger partial charge in [0.05, 0.1) is 18.2 Å². The summed E-state index contributed by atoms with van der Waals surface area (Å²) in [6, 6.07) is 13.0. The molecule has 1 aromatic heterocycles. The van der Waals surface area contributed by atoms with E-state index in [9.17, 15) is 14.8 Å². The standard InChI is InChI=1S/C16H15FN2O/c17-14-8-13(10-19-11-14)15(6-7-20)16(9-18)12-4-2-1-3-5-12/h1-5,8,10-11,15-16,20H,6-7H2/t15-,16-/m1/s1. The van der Waals surface area contributed by atoms with E-state index in [0.717, 1.165) is 11.8 Å². The van der Waals surface area contributed by atoms with Crippen LogP contribution in [0.3, 0.4) is 0 Å². The van der Waals surface area contributed by atoms with E-state index in [1.165, 1.54) is 6.07 Å². The third-order valence-corrected chi connectivity index (χ3v) is 3.29. The molecule has 1 N–H and O–H groups in total. The van der Waals surface area contributed by atoms with Gasteiger partial charge in [0.2, 0.25) is 0 Å². The lowest BCUT2D eigenvalue weighted by Crippen LogP contribution is -2.12. The fourth-order valence-corrected chi connectivity index (χ4v) is 2.35. The number of aliphatic hydroxyl groups is 1. The zero-order valence-corrected chi connectivity index (χ0v) is 10.9. The van der Waals surface area contributed by atoms with Crippen molar-refractivity contribution in [3.63, 3.8) is 0 Å². The molecule has 0 unspecified atom stereocenters. The first-order valence-corrected chi connectivity index (χ1v) is 6.42. The molecule has 2 rings (SSSR count). The fourth-order valence-electron chi connectivity index (χ4n) is 2.35. The van der Waals surface area contributed by atoms with Crippen LogP contribution in [0.4, 0.5) is 4.39 Å². The van der Waals surface area contributed by atoms with E-state index in [1.807, 2.05) is 30.3 Å². The van der Waals surface area contributed by atoms with Gasteiger partial charge in [0, 0.05) is 18.7 Å². The molecule has 1 aromatic carbocycles. The molecule has 0 bridgehead atoms. The minimum absolute atomic E-state index is 0.0633. The van der Waals surface area contributed by atoms with Crippen molar-refractivity contribution >= 4 is 0 Å². The van der Waals surface area contributed by atoms with Crippen LogP contribution in [-0.2, 0) is 0 Å². The Bertz CT molecular complexity index is 595. The molecule has 0 aliphatic rings. The second-order valence-electron chi connectivity index (χ2n) is 4.57. The topological polar surface area (TPSA) is 56.9 Å². The van der Waals surface area contributed by atoms with E-state index in [-0.39, 0.29) is 12.5 Å². The highest BCUT2D eigenvalue weighted by atomic mass is 19.1. The van der Waals surface area contributed by atoms with Crippen LogP contribution in [0.2, 0.25) is 0 Å². The summed E-state index contributed by atoms with van der Waals surface area (Å²) in [7, 11) is 0. The molecular formula is C16H15FN2O. The fraction of sp³-hybridized carbons (Fsp3) is 0.250.